The van der Waals surface area contributed by atoms with Crippen LogP contribution < -0.4 is 4.74 Å². The molecule has 2 heterocycles. The monoisotopic (exact) mass is 218 g/mol. The van der Waals surface area contributed by atoms with Gasteiger partial charge < -0.3 is 9.26 Å². The molecule has 4 heteroatoms. The first-order valence-electron chi connectivity index (χ1n) is 5.07. The van der Waals surface area contributed by atoms with Crippen molar-refractivity contribution in [1.29, 1.82) is 0 Å². The van der Waals surface area contributed by atoms with Crippen LogP contribution in [0.4, 0.5) is 0 Å². The second-order valence-corrected chi connectivity index (χ2v) is 3.75. The van der Waals surface area contributed by atoms with E-state index in [0.717, 1.165) is 28.1 Å². The summed E-state index contributed by atoms with van der Waals surface area (Å²) in [6, 6.07) is 2.03. The number of hydrogen-bond donors (Lipinski definition) is 0. The first-order chi connectivity index (χ1) is 7.63. The molecule has 2 aromatic heterocycles. The highest BCUT2D eigenvalue weighted by Gasteiger charge is 2.13. The molecule has 0 aliphatic heterocycles. The van der Waals surface area contributed by atoms with E-state index in [4.69, 9.17) is 9.26 Å². The van der Waals surface area contributed by atoms with E-state index in [0.29, 0.717) is 5.88 Å². The number of ether oxygens (including phenoxy) is 1. The molecular formula is C12H14N2O2. The molecule has 0 saturated carbocycles. The van der Waals surface area contributed by atoms with Crippen LogP contribution >= 0.6 is 0 Å². The van der Waals surface area contributed by atoms with Gasteiger partial charge in [0.1, 0.15) is 5.76 Å². The number of pyridine rings is 1. The van der Waals surface area contributed by atoms with E-state index in [9.17, 15) is 0 Å². The van der Waals surface area contributed by atoms with E-state index in [1.54, 1.807) is 13.3 Å². The summed E-state index contributed by atoms with van der Waals surface area (Å²) in [6.45, 7) is 5.79. The molecule has 0 aliphatic carbocycles. The van der Waals surface area contributed by atoms with Crippen molar-refractivity contribution in [2.24, 2.45) is 0 Å². The first kappa shape index (κ1) is 10.7. The average molecular weight is 218 g/mol. The highest BCUT2D eigenvalue weighted by Crippen LogP contribution is 2.28. The maximum Gasteiger partial charge on any atom is 0.215 e. The fourth-order valence-corrected chi connectivity index (χ4v) is 1.81. The van der Waals surface area contributed by atoms with Gasteiger partial charge in [-0.3, -0.25) is 0 Å². The predicted molar refractivity (Wildman–Crippen MR) is 60.5 cm³/mol. The van der Waals surface area contributed by atoms with Crippen molar-refractivity contribution < 1.29 is 9.26 Å². The Labute approximate surface area is 94.2 Å². The summed E-state index contributed by atoms with van der Waals surface area (Å²) < 4.78 is 10.3. The van der Waals surface area contributed by atoms with Gasteiger partial charge in [0.2, 0.25) is 5.88 Å². The summed E-state index contributed by atoms with van der Waals surface area (Å²) in [6.07, 6.45) is 1.78. The number of methoxy groups -OCH3 is 1. The molecule has 0 fully saturated rings. The molecule has 2 rings (SSSR count). The third-order valence-electron chi connectivity index (χ3n) is 2.55. The second kappa shape index (κ2) is 3.96. The predicted octanol–water partition coefficient (Wildman–Crippen LogP) is 2.67. The lowest BCUT2D eigenvalue weighted by atomic mass is 10.1. The van der Waals surface area contributed by atoms with Crippen LogP contribution in [0, 0.1) is 20.8 Å². The van der Waals surface area contributed by atoms with Gasteiger partial charge >= 0.3 is 0 Å². The summed E-state index contributed by atoms with van der Waals surface area (Å²) in [4.78, 5) is 4.24. The molecule has 2 aromatic rings. The summed E-state index contributed by atoms with van der Waals surface area (Å²) in [5, 5.41) is 3.93. The minimum absolute atomic E-state index is 0.649. The van der Waals surface area contributed by atoms with Crippen LogP contribution in [-0.2, 0) is 0 Å². The lowest BCUT2D eigenvalue weighted by Gasteiger charge is -2.05. The highest BCUT2D eigenvalue weighted by atomic mass is 16.5. The molecule has 0 spiro atoms. The number of rotatable bonds is 2. The molecule has 0 bridgehead atoms. The molecule has 0 saturated heterocycles. The van der Waals surface area contributed by atoms with Gasteiger partial charge in [0.15, 0.2) is 0 Å². The topological polar surface area (TPSA) is 48.2 Å². The largest absolute Gasteiger partial charge is 0.481 e. The Balaban J connectivity index is 2.53. The van der Waals surface area contributed by atoms with Crippen molar-refractivity contribution >= 4 is 0 Å². The van der Waals surface area contributed by atoms with E-state index in [1.807, 2.05) is 26.8 Å². The van der Waals surface area contributed by atoms with Gasteiger partial charge in [0.25, 0.3) is 0 Å². The molecule has 0 atom stereocenters. The van der Waals surface area contributed by atoms with Crippen LogP contribution in [0.5, 0.6) is 5.88 Å². The Kier molecular flexibility index (Phi) is 2.64. The van der Waals surface area contributed by atoms with Crippen LogP contribution in [-0.4, -0.2) is 17.3 Å². The third kappa shape index (κ3) is 1.66. The molecule has 0 N–H and O–H groups in total. The fraction of sp³-hybridized carbons (Fsp3) is 0.333. The van der Waals surface area contributed by atoms with E-state index < -0.39 is 0 Å². The maximum atomic E-state index is 5.14. The summed E-state index contributed by atoms with van der Waals surface area (Å²) in [5.74, 6) is 1.46. The normalized spacial score (nSPS) is 10.5. The zero-order valence-corrected chi connectivity index (χ0v) is 9.87. The van der Waals surface area contributed by atoms with Crippen molar-refractivity contribution in [3.05, 3.63) is 29.3 Å². The highest BCUT2D eigenvalue weighted by molar-refractivity contribution is 5.67. The van der Waals surface area contributed by atoms with Crippen LogP contribution in [0.3, 0.4) is 0 Å². The molecule has 84 valence electrons. The Morgan fingerprint density at radius 2 is 2.00 bits per heavy atom. The Morgan fingerprint density at radius 1 is 1.25 bits per heavy atom. The van der Waals surface area contributed by atoms with Gasteiger partial charge in [0.05, 0.1) is 12.8 Å². The third-order valence-corrected chi connectivity index (χ3v) is 2.55. The van der Waals surface area contributed by atoms with Crippen molar-refractivity contribution in [2.45, 2.75) is 20.8 Å². The van der Waals surface area contributed by atoms with Crippen molar-refractivity contribution in [3.8, 4) is 17.0 Å². The van der Waals surface area contributed by atoms with Gasteiger partial charge in [-0.1, -0.05) is 5.16 Å². The molecule has 0 unspecified atom stereocenters. The average Bonchev–Trinajstić information content (AvgIpc) is 2.58. The molecule has 16 heavy (non-hydrogen) atoms. The van der Waals surface area contributed by atoms with Gasteiger partial charge in [0, 0.05) is 22.9 Å². The molecular weight excluding hydrogens is 204 g/mol. The van der Waals surface area contributed by atoms with Crippen LogP contribution in [0.1, 0.15) is 17.0 Å². The van der Waals surface area contributed by atoms with E-state index in [1.165, 1.54) is 0 Å². The van der Waals surface area contributed by atoms with Gasteiger partial charge in [-0.25, -0.2) is 4.98 Å². The molecule has 0 radical (unpaired) electrons. The van der Waals surface area contributed by atoms with Crippen molar-refractivity contribution in [3.63, 3.8) is 0 Å². The number of nitrogens with zero attached hydrogens (tertiary/aromatic N) is 2. The Bertz CT molecular complexity index is 498. The lowest BCUT2D eigenvalue weighted by Crippen LogP contribution is -1.92. The first-order valence-corrected chi connectivity index (χ1v) is 5.07. The maximum absolute atomic E-state index is 5.14. The fourth-order valence-electron chi connectivity index (χ4n) is 1.81. The van der Waals surface area contributed by atoms with Crippen LogP contribution in [0.25, 0.3) is 11.1 Å². The zero-order chi connectivity index (χ0) is 11.7. The molecule has 0 amide bonds. The Morgan fingerprint density at radius 3 is 2.50 bits per heavy atom. The van der Waals surface area contributed by atoms with Crippen LogP contribution in [0.2, 0.25) is 0 Å². The smallest absolute Gasteiger partial charge is 0.215 e. The quantitative estimate of drug-likeness (QED) is 0.777. The minimum Gasteiger partial charge on any atom is -0.481 e. The van der Waals surface area contributed by atoms with Crippen LogP contribution in [0.15, 0.2) is 16.8 Å². The summed E-state index contributed by atoms with van der Waals surface area (Å²) in [7, 11) is 1.62. The zero-order valence-electron chi connectivity index (χ0n) is 9.87. The molecule has 0 aromatic carbocycles. The minimum atomic E-state index is 0.649. The van der Waals surface area contributed by atoms with Crippen molar-refractivity contribution in [1.82, 2.24) is 10.1 Å². The lowest BCUT2D eigenvalue weighted by molar-refractivity contribution is 0.393. The summed E-state index contributed by atoms with van der Waals surface area (Å²) >= 11 is 0. The summed E-state index contributed by atoms with van der Waals surface area (Å²) in [5.41, 5.74) is 3.90. The van der Waals surface area contributed by atoms with E-state index in [2.05, 4.69) is 10.1 Å². The van der Waals surface area contributed by atoms with Gasteiger partial charge in [-0.2, -0.15) is 0 Å². The van der Waals surface area contributed by atoms with E-state index in [-0.39, 0.29) is 0 Å². The number of aromatic nitrogens is 2. The molecule has 0 aliphatic rings. The Hall–Kier alpha value is -1.84. The second-order valence-electron chi connectivity index (χ2n) is 3.75. The van der Waals surface area contributed by atoms with Gasteiger partial charge in [-0.15, -0.1) is 0 Å². The number of hydrogen-bond acceptors (Lipinski definition) is 4. The van der Waals surface area contributed by atoms with Crippen molar-refractivity contribution in [2.75, 3.05) is 7.11 Å². The van der Waals surface area contributed by atoms with Gasteiger partial charge in [-0.05, 0) is 26.8 Å². The molecule has 4 nitrogen and oxygen atoms in total. The standard InChI is InChI=1S/C12H14N2O2/c1-7-5-10(6-13-12(7)15-4)11-8(2)14-16-9(11)3/h5-6H,1-4H3. The van der Waals surface area contributed by atoms with E-state index >= 15 is 0 Å². The SMILES string of the molecule is COc1ncc(-c2c(C)noc2C)cc1C. The number of aryl methyl sites for hydroxylation is 3.